The van der Waals surface area contributed by atoms with Crippen molar-refractivity contribution in [2.45, 2.75) is 162 Å². The van der Waals surface area contributed by atoms with Gasteiger partial charge in [0.2, 0.25) is 0 Å². The number of unbranched alkanes of at least 4 members (excludes halogenated alkanes) is 15. The highest BCUT2D eigenvalue weighted by molar-refractivity contribution is 5.70. The standard InChI is InChI=1S/C28H55NO5/c1-8-9-10-11-12-13-14-15-16-17-18-19-20-21-22-23-24-29(25(30)32-27(2,3)4)34-26(31)33-28(5,6)7/h8-24H2,1-7H3. The maximum Gasteiger partial charge on any atom is 0.534 e. The maximum absolute atomic E-state index is 12.4. The van der Waals surface area contributed by atoms with E-state index in [0.29, 0.717) is 6.54 Å². The molecule has 0 aliphatic heterocycles. The third-order valence-corrected chi connectivity index (χ3v) is 5.39. The number of ether oxygens (including phenoxy) is 2. The van der Waals surface area contributed by atoms with Crippen molar-refractivity contribution in [2.75, 3.05) is 6.54 Å². The summed E-state index contributed by atoms with van der Waals surface area (Å²) < 4.78 is 10.5. The van der Waals surface area contributed by atoms with E-state index in [0.717, 1.165) is 24.3 Å². The minimum atomic E-state index is -0.894. The summed E-state index contributed by atoms with van der Waals surface area (Å²) in [5.74, 6) is 0. The number of hydroxylamine groups is 2. The van der Waals surface area contributed by atoms with E-state index in [1.165, 1.54) is 83.5 Å². The van der Waals surface area contributed by atoms with E-state index >= 15 is 0 Å². The SMILES string of the molecule is CCCCCCCCCCCCCCCCCCN(OC(=O)OC(C)(C)C)C(=O)OC(C)(C)C. The molecule has 0 aromatic rings. The van der Waals surface area contributed by atoms with Crippen LogP contribution in [0.5, 0.6) is 0 Å². The molecule has 0 aliphatic carbocycles. The highest BCUT2D eigenvalue weighted by Gasteiger charge is 2.27. The Hall–Kier alpha value is -1.46. The molecule has 0 saturated carbocycles. The van der Waals surface area contributed by atoms with E-state index < -0.39 is 23.5 Å². The third kappa shape index (κ3) is 22.3. The summed E-state index contributed by atoms with van der Waals surface area (Å²) in [7, 11) is 0. The Morgan fingerprint density at radius 3 is 1.26 bits per heavy atom. The molecule has 0 unspecified atom stereocenters. The summed E-state index contributed by atoms with van der Waals surface area (Å²) >= 11 is 0. The van der Waals surface area contributed by atoms with Gasteiger partial charge in [-0.05, 0) is 48.0 Å². The molecule has 0 atom stereocenters. The molecule has 0 bridgehead atoms. The first-order chi connectivity index (χ1) is 15.9. The van der Waals surface area contributed by atoms with Crippen LogP contribution in [0.3, 0.4) is 0 Å². The molecule has 0 aliphatic rings. The van der Waals surface area contributed by atoms with Gasteiger partial charge in [0.1, 0.15) is 11.2 Å². The number of amides is 1. The van der Waals surface area contributed by atoms with Crippen LogP contribution in [0.1, 0.15) is 151 Å². The molecule has 0 heterocycles. The summed E-state index contributed by atoms with van der Waals surface area (Å²) in [6.45, 7) is 13.2. The summed E-state index contributed by atoms with van der Waals surface area (Å²) in [5, 5.41) is 0.989. The van der Waals surface area contributed by atoms with Crippen LogP contribution in [0.4, 0.5) is 9.59 Å². The van der Waals surface area contributed by atoms with Crippen LogP contribution < -0.4 is 0 Å². The fourth-order valence-corrected chi connectivity index (χ4v) is 3.65. The first-order valence-electron chi connectivity index (χ1n) is 13.9. The van der Waals surface area contributed by atoms with Gasteiger partial charge in [-0.2, -0.15) is 0 Å². The van der Waals surface area contributed by atoms with E-state index in [4.69, 9.17) is 14.3 Å². The molecule has 0 aromatic heterocycles. The van der Waals surface area contributed by atoms with Crippen molar-refractivity contribution in [1.29, 1.82) is 0 Å². The number of hydrogen-bond donors (Lipinski definition) is 0. The van der Waals surface area contributed by atoms with Gasteiger partial charge < -0.3 is 14.3 Å². The van der Waals surface area contributed by atoms with Crippen LogP contribution in [-0.2, 0) is 14.3 Å². The third-order valence-electron chi connectivity index (χ3n) is 5.39. The minimum Gasteiger partial charge on any atom is -0.442 e. The zero-order chi connectivity index (χ0) is 25.9. The molecule has 0 N–H and O–H groups in total. The second-order valence-corrected chi connectivity index (χ2v) is 11.4. The Bertz CT molecular complexity index is 522. The van der Waals surface area contributed by atoms with Crippen molar-refractivity contribution >= 4 is 12.2 Å². The average molecular weight is 486 g/mol. The summed E-state index contributed by atoms with van der Waals surface area (Å²) in [5.41, 5.74) is -1.35. The number of nitrogens with zero attached hydrogens (tertiary/aromatic N) is 1. The fourth-order valence-electron chi connectivity index (χ4n) is 3.65. The largest absolute Gasteiger partial charge is 0.534 e. The molecule has 6 heteroatoms. The van der Waals surface area contributed by atoms with Gasteiger partial charge in [-0.15, -0.1) is 5.06 Å². The molecule has 0 fully saturated rings. The maximum atomic E-state index is 12.4. The summed E-state index contributed by atoms with van der Waals surface area (Å²) in [6, 6.07) is 0. The predicted molar refractivity (Wildman–Crippen MR) is 140 cm³/mol. The first-order valence-corrected chi connectivity index (χ1v) is 13.9. The molecule has 1 amide bonds. The van der Waals surface area contributed by atoms with Crippen LogP contribution in [0.2, 0.25) is 0 Å². The molecular formula is C28H55NO5. The zero-order valence-electron chi connectivity index (χ0n) is 23.5. The number of carbonyl (C=O) groups excluding carboxylic acids is 2. The van der Waals surface area contributed by atoms with Gasteiger partial charge in [-0.3, -0.25) is 0 Å². The predicted octanol–water partition coefficient (Wildman–Crippen LogP) is 9.35. The topological polar surface area (TPSA) is 65.1 Å². The van der Waals surface area contributed by atoms with Crippen LogP contribution in [0, 0.1) is 0 Å². The molecule has 0 rings (SSSR count). The van der Waals surface area contributed by atoms with Crippen LogP contribution in [0.25, 0.3) is 0 Å². The molecule has 0 spiro atoms. The molecule has 6 nitrogen and oxygen atoms in total. The van der Waals surface area contributed by atoms with Crippen molar-refractivity contribution in [3.05, 3.63) is 0 Å². The van der Waals surface area contributed by atoms with Gasteiger partial charge in [-0.25, -0.2) is 9.59 Å². The van der Waals surface area contributed by atoms with Crippen LogP contribution >= 0.6 is 0 Å². The highest BCUT2D eigenvalue weighted by Crippen LogP contribution is 2.16. The Kier molecular flexibility index (Phi) is 18.0. The van der Waals surface area contributed by atoms with Gasteiger partial charge in [-0.1, -0.05) is 103 Å². The second-order valence-electron chi connectivity index (χ2n) is 11.4. The highest BCUT2D eigenvalue weighted by atomic mass is 16.8. The molecule has 0 radical (unpaired) electrons. The van der Waals surface area contributed by atoms with Crippen molar-refractivity contribution in [1.82, 2.24) is 5.06 Å². The lowest BCUT2D eigenvalue weighted by atomic mass is 10.0. The van der Waals surface area contributed by atoms with Crippen molar-refractivity contribution in [3.63, 3.8) is 0 Å². The van der Waals surface area contributed by atoms with Gasteiger partial charge in [0.15, 0.2) is 0 Å². The summed E-state index contributed by atoms with van der Waals surface area (Å²) in [4.78, 5) is 29.6. The fraction of sp³-hybridized carbons (Fsp3) is 0.929. The van der Waals surface area contributed by atoms with E-state index in [2.05, 4.69) is 6.92 Å². The van der Waals surface area contributed by atoms with Crippen LogP contribution in [0.15, 0.2) is 0 Å². The lowest BCUT2D eigenvalue weighted by molar-refractivity contribution is -0.136. The smallest absolute Gasteiger partial charge is 0.442 e. The van der Waals surface area contributed by atoms with Gasteiger partial charge in [0.25, 0.3) is 0 Å². The van der Waals surface area contributed by atoms with Gasteiger partial charge >= 0.3 is 12.2 Å². The Labute approximate surface area is 210 Å². The first kappa shape index (κ1) is 32.5. The van der Waals surface area contributed by atoms with E-state index in [9.17, 15) is 9.59 Å². The zero-order valence-corrected chi connectivity index (χ0v) is 23.5. The Morgan fingerprint density at radius 2 is 0.912 bits per heavy atom. The van der Waals surface area contributed by atoms with E-state index in [1.807, 2.05) is 0 Å². The lowest BCUT2D eigenvalue weighted by Gasteiger charge is -2.27. The second kappa shape index (κ2) is 18.8. The van der Waals surface area contributed by atoms with Crippen LogP contribution in [-0.4, -0.2) is 35.1 Å². The molecule has 0 aromatic carbocycles. The Balaban J connectivity index is 3.93. The average Bonchev–Trinajstić information content (AvgIpc) is 2.70. The Morgan fingerprint density at radius 1 is 0.559 bits per heavy atom. The number of rotatable bonds is 17. The van der Waals surface area contributed by atoms with Crippen molar-refractivity contribution in [3.8, 4) is 0 Å². The van der Waals surface area contributed by atoms with E-state index in [-0.39, 0.29) is 0 Å². The monoisotopic (exact) mass is 485 g/mol. The van der Waals surface area contributed by atoms with Crippen molar-refractivity contribution < 1.29 is 23.9 Å². The molecule has 202 valence electrons. The number of hydrogen-bond acceptors (Lipinski definition) is 5. The molecule has 34 heavy (non-hydrogen) atoms. The molecule has 0 saturated heterocycles. The minimum absolute atomic E-state index is 0.298. The lowest BCUT2D eigenvalue weighted by Crippen LogP contribution is -2.40. The molecular weight excluding hydrogens is 430 g/mol. The van der Waals surface area contributed by atoms with Gasteiger partial charge in [0, 0.05) is 0 Å². The quantitative estimate of drug-likeness (QED) is 0.117. The van der Waals surface area contributed by atoms with Gasteiger partial charge in [0.05, 0.1) is 6.54 Å². The number of carbonyl (C=O) groups is 2. The normalized spacial score (nSPS) is 11.9. The van der Waals surface area contributed by atoms with E-state index in [1.54, 1.807) is 41.5 Å². The summed E-state index contributed by atoms with van der Waals surface area (Å²) in [6.07, 6.45) is 18.9. The van der Waals surface area contributed by atoms with Crippen molar-refractivity contribution in [2.24, 2.45) is 0 Å².